The van der Waals surface area contributed by atoms with Gasteiger partial charge in [0, 0.05) is 21.1 Å². The zero-order chi connectivity index (χ0) is 9.14. The average molecular weight is 169 g/mol. The Balaban J connectivity index is 2.58. The molecule has 0 atom stereocenters. The van der Waals surface area contributed by atoms with E-state index in [-0.39, 0.29) is 0 Å². The zero-order valence-corrected chi connectivity index (χ0v) is 8.00. The van der Waals surface area contributed by atoms with E-state index >= 15 is 0 Å². The van der Waals surface area contributed by atoms with Crippen LogP contribution in [0.4, 0.5) is 0 Å². The predicted octanol–water partition coefficient (Wildman–Crippen LogP) is -0.310. The molecule has 0 aliphatic heterocycles. The number of nitrogens with one attached hydrogen (secondary N) is 1. The number of aryl methyl sites for hydroxylation is 1. The molecule has 0 saturated heterocycles. The van der Waals surface area contributed by atoms with Gasteiger partial charge in [-0.15, -0.1) is 10.2 Å². The average Bonchev–Trinajstić information content (AvgIpc) is 2.30. The second-order valence-electron chi connectivity index (χ2n) is 2.95. The van der Waals surface area contributed by atoms with Crippen LogP contribution >= 0.6 is 0 Å². The molecule has 1 aromatic heterocycles. The highest BCUT2D eigenvalue weighted by atomic mass is 15.5. The highest BCUT2D eigenvalue weighted by Crippen LogP contribution is 1.95. The molecule has 0 aliphatic carbocycles. The van der Waals surface area contributed by atoms with Crippen molar-refractivity contribution in [3.05, 3.63) is 11.6 Å². The highest BCUT2D eigenvalue weighted by molar-refractivity contribution is 4.91. The minimum Gasteiger partial charge on any atom is -0.317 e. The molecule has 0 aromatic carbocycles. The lowest BCUT2D eigenvalue weighted by Gasteiger charge is -2.10. The molecule has 0 radical (unpaired) electrons. The van der Waals surface area contributed by atoms with Gasteiger partial charge in [-0.05, 0) is 6.92 Å². The molecule has 0 bridgehead atoms. The number of hydrogen-bond acceptors (Lipinski definition) is 4. The summed E-state index contributed by atoms with van der Waals surface area (Å²) in [4.78, 5) is 0. The van der Waals surface area contributed by atoms with Crippen molar-refractivity contribution in [1.82, 2.24) is 25.2 Å². The van der Waals surface area contributed by atoms with Gasteiger partial charge in [-0.25, -0.2) is 5.43 Å². The first kappa shape index (κ1) is 9.15. The lowest BCUT2D eigenvalue weighted by Crippen LogP contribution is -2.30. The summed E-state index contributed by atoms with van der Waals surface area (Å²) in [5.41, 5.74) is 3.13. The van der Waals surface area contributed by atoms with E-state index in [1.165, 1.54) is 0 Å². The summed E-state index contributed by atoms with van der Waals surface area (Å²) in [6.07, 6.45) is 0. The largest absolute Gasteiger partial charge is 0.317 e. The molecule has 0 spiro atoms. The van der Waals surface area contributed by atoms with Gasteiger partial charge in [0.2, 0.25) is 0 Å². The first-order valence-corrected chi connectivity index (χ1v) is 3.87. The molecule has 1 N–H and O–H groups in total. The summed E-state index contributed by atoms with van der Waals surface area (Å²) in [6, 6.07) is 0. The van der Waals surface area contributed by atoms with Crippen molar-refractivity contribution in [2.75, 3.05) is 14.1 Å². The normalized spacial score (nSPS) is 11.1. The van der Waals surface area contributed by atoms with E-state index in [0.29, 0.717) is 6.54 Å². The van der Waals surface area contributed by atoms with E-state index in [1.54, 1.807) is 0 Å². The van der Waals surface area contributed by atoms with Crippen molar-refractivity contribution in [1.29, 1.82) is 0 Å². The van der Waals surface area contributed by atoms with Gasteiger partial charge in [0.1, 0.15) is 11.6 Å². The van der Waals surface area contributed by atoms with Crippen molar-refractivity contribution >= 4 is 0 Å². The third-order valence-corrected chi connectivity index (χ3v) is 1.74. The Morgan fingerprint density at radius 3 is 2.50 bits per heavy atom. The molecule has 0 unspecified atom stereocenters. The molecular weight excluding hydrogens is 154 g/mol. The number of hydrogen-bond donors (Lipinski definition) is 1. The van der Waals surface area contributed by atoms with Gasteiger partial charge >= 0.3 is 0 Å². The Hall–Kier alpha value is -0.940. The summed E-state index contributed by atoms with van der Waals surface area (Å²) in [7, 11) is 5.86. The molecule has 1 aromatic rings. The summed E-state index contributed by atoms with van der Waals surface area (Å²) >= 11 is 0. The molecule has 1 rings (SSSR count). The van der Waals surface area contributed by atoms with Crippen LogP contribution in [-0.4, -0.2) is 33.9 Å². The standard InChI is InChI=1S/C7H15N5/c1-6-9-10-7(12(6)4)5-8-11(2)3/h8H,5H2,1-4H3. The Bertz CT molecular complexity index is 252. The van der Waals surface area contributed by atoms with Crippen LogP contribution in [0.15, 0.2) is 0 Å². The molecule has 5 heteroatoms. The third kappa shape index (κ3) is 2.02. The monoisotopic (exact) mass is 169 g/mol. The van der Waals surface area contributed by atoms with Gasteiger partial charge in [0.05, 0.1) is 6.54 Å². The first-order valence-electron chi connectivity index (χ1n) is 3.87. The van der Waals surface area contributed by atoms with Crippen LogP contribution in [-0.2, 0) is 13.6 Å². The number of nitrogens with zero attached hydrogens (tertiary/aromatic N) is 4. The van der Waals surface area contributed by atoms with E-state index in [1.807, 2.05) is 37.6 Å². The van der Waals surface area contributed by atoms with Crippen LogP contribution in [0.25, 0.3) is 0 Å². The van der Waals surface area contributed by atoms with Gasteiger partial charge in [-0.3, -0.25) is 5.01 Å². The highest BCUT2D eigenvalue weighted by Gasteiger charge is 2.03. The zero-order valence-electron chi connectivity index (χ0n) is 8.00. The molecular formula is C7H15N5. The smallest absolute Gasteiger partial charge is 0.148 e. The van der Waals surface area contributed by atoms with E-state index in [9.17, 15) is 0 Å². The van der Waals surface area contributed by atoms with Crippen molar-refractivity contribution in [3.8, 4) is 0 Å². The molecule has 0 saturated carbocycles. The SMILES string of the molecule is Cc1nnc(CNN(C)C)n1C. The molecule has 12 heavy (non-hydrogen) atoms. The molecule has 0 amide bonds. The van der Waals surface area contributed by atoms with E-state index in [4.69, 9.17) is 0 Å². The van der Waals surface area contributed by atoms with Crippen LogP contribution < -0.4 is 5.43 Å². The maximum atomic E-state index is 4.01. The summed E-state index contributed by atoms with van der Waals surface area (Å²) < 4.78 is 1.97. The van der Waals surface area contributed by atoms with Crippen molar-refractivity contribution in [2.24, 2.45) is 7.05 Å². The van der Waals surface area contributed by atoms with Gasteiger partial charge in [-0.1, -0.05) is 0 Å². The second kappa shape index (κ2) is 3.64. The van der Waals surface area contributed by atoms with E-state index in [2.05, 4.69) is 15.6 Å². The van der Waals surface area contributed by atoms with E-state index in [0.717, 1.165) is 11.6 Å². The van der Waals surface area contributed by atoms with Crippen molar-refractivity contribution in [3.63, 3.8) is 0 Å². The summed E-state index contributed by atoms with van der Waals surface area (Å²) in [5.74, 6) is 1.88. The molecule has 5 nitrogen and oxygen atoms in total. The lowest BCUT2D eigenvalue weighted by atomic mass is 10.6. The minimum atomic E-state index is 0.713. The fourth-order valence-corrected chi connectivity index (χ4v) is 0.834. The van der Waals surface area contributed by atoms with Crippen LogP contribution in [0.3, 0.4) is 0 Å². The predicted molar refractivity (Wildman–Crippen MR) is 46.3 cm³/mol. The number of hydrazine groups is 1. The Morgan fingerprint density at radius 2 is 2.08 bits per heavy atom. The lowest BCUT2D eigenvalue weighted by molar-refractivity contribution is 0.280. The van der Waals surface area contributed by atoms with Gasteiger partial charge in [-0.2, -0.15) is 0 Å². The number of rotatable bonds is 3. The molecule has 0 fully saturated rings. The molecule has 68 valence electrons. The van der Waals surface area contributed by atoms with Crippen LogP contribution in [0, 0.1) is 6.92 Å². The van der Waals surface area contributed by atoms with Crippen molar-refractivity contribution in [2.45, 2.75) is 13.5 Å². The minimum absolute atomic E-state index is 0.713. The fraction of sp³-hybridized carbons (Fsp3) is 0.714. The summed E-state index contributed by atoms with van der Waals surface area (Å²) in [6.45, 7) is 2.65. The van der Waals surface area contributed by atoms with Crippen LogP contribution in [0.1, 0.15) is 11.6 Å². The molecule has 1 heterocycles. The van der Waals surface area contributed by atoms with Crippen molar-refractivity contribution < 1.29 is 0 Å². The Kier molecular flexibility index (Phi) is 2.78. The van der Waals surface area contributed by atoms with Gasteiger partial charge in [0.15, 0.2) is 0 Å². The fourth-order valence-electron chi connectivity index (χ4n) is 0.834. The van der Waals surface area contributed by atoms with Crippen LogP contribution in [0.2, 0.25) is 0 Å². The third-order valence-electron chi connectivity index (χ3n) is 1.74. The maximum Gasteiger partial charge on any atom is 0.148 e. The van der Waals surface area contributed by atoms with Gasteiger partial charge in [0.25, 0.3) is 0 Å². The summed E-state index contributed by atoms with van der Waals surface area (Å²) in [5, 5.41) is 9.85. The quantitative estimate of drug-likeness (QED) is 0.630. The second-order valence-corrected chi connectivity index (χ2v) is 2.95. The Morgan fingerprint density at radius 1 is 1.42 bits per heavy atom. The topological polar surface area (TPSA) is 46.0 Å². The maximum absolute atomic E-state index is 4.01. The van der Waals surface area contributed by atoms with E-state index < -0.39 is 0 Å². The van der Waals surface area contributed by atoms with Crippen LogP contribution in [0.5, 0.6) is 0 Å². The van der Waals surface area contributed by atoms with Gasteiger partial charge < -0.3 is 4.57 Å². The Labute approximate surface area is 72.4 Å². The first-order chi connectivity index (χ1) is 5.61. The molecule has 0 aliphatic rings. The number of aromatic nitrogens is 3.